The van der Waals surface area contributed by atoms with Gasteiger partial charge in [0.15, 0.2) is 0 Å². The maximum atomic E-state index is 14.1. The number of pyridine rings is 1. The summed E-state index contributed by atoms with van der Waals surface area (Å²) in [7, 11) is 0. The molecule has 34 heavy (non-hydrogen) atoms. The molecule has 0 radical (unpaired) electrons. The molecule has 1 N–H and O–H groups in total. The smallest absolute Gasteiger partial charge is 0.424 e. The third-order valence-corrected chi connectivity index (χ3v) is 5.65. The Balaban J connectivity index is 1.48. The first-order chi connectivity index (χ1) is 16.2. The van der Waals surface area contributed by atoms with Crippen LogP contribution in [0.4, 0.5) is 17.6 Å². The fourth-order valence-electron chi connectivity index (χ4n) is 3.75. The first kappa shape index (κ1) is 21.8. The van der Waals surface area contributed by atoms with Gasteiger partial charge >= 0.3 is 6.18 Å². The fraction of sp³-hybridized carbons (Fsp3) is 0.120. The minimum atomic E-state index is -5.01. The lowest BCUT2D eigenvalue weighted by Gasteiger charge is -2.31. The van der Waals surface area contributed by atoms with Crippen molar-refractivity contribution in [3.05, 3.63) is 96.7 Å². The second-order valence-corrected chi connectivity index (χ2v) is 7.84. The topological polar surface area (TPSA) is 60.2 Å². The van der Waals surface area contributed by atoms with Crippen molar-refractivity contribution in [1.29, 1.82) is 0 Å². The monoisotopic (exact) mass is 467 g/mol. The van der Waals surface area contributed by atoms with Crippen LogP contribution in [0.2, 0.25) is 0 Å². The van der Waals surface area contributed by atoms with Crippen LogP contribution >= 0.6 is 0 Å². The van der Waals surface area contributed by atoms with Crippen LogP contribution in [0.15, 0.2) is 85.3 Å². The van der Waals surface area contributed by atoms with Crippen molar-refractivity contribution < 1.29 is 27.4 Å². The van der Waals surface area contributed by atoms with E-state index in [9.17, 15) is 22.7 Å². The minimum absolute atomic E-state index is 0.174. The zero-order valence-electron chi connectivity index (χ0n) is 17.5. The number of halogens is 4. The highest BCUT2D eigenvalue weighted by molar-refractivity contribution is 5.83. The molecule has 3 aromatic carbocycles. The molecule has 2 aromatic heterocycles. The first-order valence-electron chi connectivity index (χ1n) is 10.2. The molecular weight excluding hydrogens is 450 g/mol. The number of rotatable bonds is 5. The summed E-state index contributed by atoms with van der Waals surface area (Å²) in [5, 5.41) is 16.9. The van der Waals surface area contributed by atoms with Gasteiger partial charge in [0, 0.05) is 23.2 Å². The average Bonchev–Trinajstić information content (AvgIpc) is 3.25. The van der Waals surface area contributed by atoms with Crippen LogP contribution in [0.3, 0.4) is 0 Å². The Kier molecular flexibility index (Phi) is 5.21. The molecule has 0 amide bonds. The van der Waals surface area contributed by atoms with Crippen molar-refractivity contribution in [3.63, 3.8) is 0 Å². The van der Waals surface area contributed by atoms with E-state index >= 15 is 0 Å². The number of aromatic nitrogens is 3. The van der Waals surface area contributed by atoms with Gasteiger partial charge in [-0.3, -0.25) is 4.98 Å². The Bertz CT molecular complexity index is 1480. The summed E-state index contributed by atoms with van der Waals surface area (Å²) in [5.74, 6) is -0.242. The zero-order chi connectivity index (χ0) is 23.9. The Hall–Kier alpha value is -3.98. The summed E-state index contributed by atoms with van der Waals surface area (Å²) in [6.45, 7) is -1.04. The molecule has 5 rings (SSSR count). The van der Waals surface area contributed by atoms with Gasteiger partial charge in [-0.15, -0.1) is 0 Å². The van der Waals surface area contributed by atoms with Crippen LogP contribution < -0.4 is 4.74 Å². The van der Waals surface area contributed by atoms with Gasteiger partial charge in [-0.1, -0.05) is 12.1 Å². The van der Waals surface area contributed by atoms with E-state index in [4.69, 9.17) is 4.74 Å². The standard InChI is InChI=1S/C25H17F4N3O2/c26-20-3-5-21(6-4-20)32-23-8-2-19(11-18(23)14-31-32)24(33,25(27,28)29)15-34-22-7-1-16-9-10-30-13-17(16)12-22/h1-14,33H,15H2. The summed E-state index contributed by atoms with van der Waals surface area (Å²) >= 11 is 0. The zero-order valence-corrected chi connectivity index (χ0v) is 17.5. The van der Waals surface area contributed by atoms with Crippen molar-refractivity contribution >= 4 is 21.7 Å². The largest absolute Gasteiger partial charge is 0.490 e. The lowest BCUT2D eigenvalue weighted by atomic mass is 9.93. The van der Waals surface area contributed by atoms with Gasteiger partial charge in [-0.2, -0.15) is 18.3 Å². The van der Waals surface area contributed by atoms with Crippen LogP contribution in [0.1, 0.15) is 5.56 Å². The molecule has 172 valence electrons. The van der Waals surface area contributed by atoms with E-state index in [1.165, 1.54) is 59.4 Å². The number of hydrogen-bond donors (Lipinski definition) is 1. The molecular formula is C25H17F4N3O2. The van der Waals surface area contributed by atoms with Crippen LogP contribution in [0, 0.1) is 5.82 Å². The van der Waals surface area contributed by atoms with Crippen molar-refractivity contribution in [2.24, 2.45) is 0 Å². The lowest BCUT2D eigenvalue weighted by Crippen LogP contribution is -2.47. The van der Waals surface area contributed by atoms with Crippen molar-refractivity contribution in [1.82, 2.24) is 14.8 Å². The van der Waals surface area contributed by atoms with E-state index in [1.807, 2.05) is 0 Å². The second-order valence-electron chi connectivity index (χ2n) is 7.84. The SMILES string of the molecule is OC(COc1ccc2ccncc2c1)(c1ccc2c(cnn2-c2ccc(F)cc2)c1)C(F)(F)F. The normalized spacial score (nSPS) is 13.8. The summed E-state index contributed by atoms with van der Waals surface area (Å²) in [4.78, 5) is 4.00. The van der Waals surface area contributed by atoms with E-state index in [-0.39, 0.29) is 11.3 Å². The highest BCUT2D eigenvalue weighted by Crippen LogP contribution is 2.40. The fourth-order valence-corrected chi connectivity index (χ4v) is 3.75. The van der Waals surface area contributed by atoms with E-state index in [0.717, 1.165) is 5.39 Å². The minimum Gasteiger partial charge on any atom is -0.490 e. The number of ether oxygens (including phenoxy) is 1. The number of hydrogen-bond acceptors (Lipinski definition) is 4. The Morgan fingerprint density at radius 2 is 1.65 bits per heavy atom. The highest BCUT2D eigenvalue weighted by atomic mass is 19.4. The number of fused-ring (bicyclic) bond motifs is 2. The average molecular weight is 467 g/mol. The molecule has 9 heteroatoms. The van der Waals surface area contributed by atoms with E-state index in [0.29, 0.717) is 22.0 Å². The molecule has 0 aliphatic carbocycles. The van der Waals surface area contributed by atoms with Crippen molar-refractivity contribution in [2.75, 3.05) is 6.61 Å². The third-order valence-electron chi connectivity index (χ3n) is 5.65. The number of benzene rings is 3. The summed E-state index contributed by atoms with van der Waals surface area (Å²) < 4.78 is 62.3. The Morgan fingerprint density at radius 1 is 0.853 bits per heavy atom. The molecule has 1 atom stereocenters. The van der Waals surface area contributed by atoms with Crippen LogP contribution in [-0.2, 0) is 5.60 Å². The molecule has 0 saturated heterocycles. The molecule has 2 heterocycles. The first-order valence-corrected chi connectivity index (χ1v) is 10.2. The highest BCUT2D eigenvalue weighted by Gasteiger charge is 2.56. The summed E-state index contributed by atoms with van der Waals surface area (Å²) in [6.07, 6.45) is -0.438. The summed E-state index contributed by atoms with van der Waals surface area (Å²) in [6, 6.07) is 16.0. The number of nitrogens with zero attached hydrogens (tertiary/aromatic N) is 3. The Labute approximate surface area is 190 Å². The third kappa shape index (κ3) is 3.84. The molecule has 5 nitrogen and oxygen atoms in total. The van der Waals surface area contributed by atoms with Crippen molar-refractivity contribution in [2.45, 2.75) is 11.8 Å². The van der Waals surface area contributed by atoms with Crippen LogP contribution in [-0.4, -0.2) is 32.7 Å². The van der Waals surface area contributed by atoms with Gasteiger partial charge in [-0.25, -0.2) is 9.07 Å². The Morgan fingerprint density at radius 3 is 2.41 bits per heavy atom. The van der Waals surface area contributed by atoms with Gasteiger partial charge in [0.2, 0.25) is 5.60 Å². The molecule has 0 bridgehead atoms. The molecule has 1 unspecified atom stereocenters. The number of aliphatic hydroxyl groups is 1. The maximum Gasteiger partial charge on any atom is 0.424 e. The quantitative estimate of drug-likeness (QED) is 0.345. The van der Waals surface area contributed by atoms with Gasteiger partial charge in [0.1, 0.15) is 18.2 Å². The maximum absolute atomic E-state index is 14.1. The van der Waals surface area contributed by atoms with E-state index in [2.05, 4.69) is 10.1 Å². The van der Waals surface area contributed by atoms with Crippen LogP contribution in [0.25, 0.3) is 27.4 Å². The molecule has 0 saturated carbocycles. The molecule has 0 fully saturated rings. The van der Waals surface area contributed by atoms with Crippen LogP contribution in [0.5, 0.6) is 5.75 Å². The lowest BCUT2D eigenvalue weighted by molar-refractivity contribution is -0.275. The van der Waals surface area contributed by atoms with Gasteiger partial charge in [0.25, 0.3) is 0 Å². The van der Waals surface area contributed by atoms with E-state index < -0.39 is 24.2 Å². The van der Waals surface area contributed by atoms with Gasteiger partial charge < -0.3 is 9.84 Å². The predicted octanol–water partition coefficient (Wildman–Crippen LogP) is 5.54. The van der Waals surface area contributed by atoms with Gasteiger partial charge in [0.05, 0.1) is 17.4 Å². The molecule has 0 spiro atoms. The second kappa shape index (κ2) is 8.11. The number of alkyl halides is 3. The summed E-state index contributed by atoms with van der Waals surface area (Å²) in [5.41, 5.74) is -2.59. The van der Waals surface area contributed by atoms with E-state index in [1.54, 1.807) is 30.6 Å². The van der Waals surface area contributed by atoms with Crippen molar-refractivity contribution in [3.8, 4) is 11.4 Å². The van der Waals surface area contributed by atoms with Gasteiger partial charge in [-0.05, 0) is 65.5 Å². The molecule has 5 aromatic rings. The molecule has 0 aliphatic rings. The molecule has 0 aliphatic heterocycles. The predicted molar refractivity (Wildman–Crippen MR) is 118 cm³/mol.